The SMILES string of the molecule is OC[C@H]1CC[C@@H]2[C@H](O1)c1cc(C(F)(F)F)c(F)c(F)c1N[C@H]2c1ccccc1. The molecule has 1 fully saturated rings. The smallest absolute Gasteiger partial charge is 0.394 e. The quantitative estimate of drug-likeness (QED) is 0.700. The molecule has 150 valence electrons. The first kappa shape index (κ1) is 19.1. The van der Waals surface area contributed by atoms with Crippen LogP contribution in [0.15, 0.2) is 36.4 Å². The van der Waals surface area contributed by atoms with E-state index in [1.54, 1.807) is 12.1 Å². The molecule has 2 aromatic carbocycles. The lowest BCUT2D eigenvalue weighted by Crippen LogP contribution is -2.40. The molecule has 0 spiro atoms. The van der Waals surface area contributed by atoms with Crippen LogP contribution in [0.3, 0.4) is 0 Å². The molecule has 0 amide bonds. The first-order chi connectivity index (χ1) is 13.3. The molecule has 2 aromatic rings. The highest BCUT2D eigenvalue weighted by molar-refractivity contribution is 5.60. The Labute approximate surface area is 158 Å². The van der Waals surface area contributed by atoms with Crippen molar-refractivity contribution in [3.63, 3.8) is 0 Å². The lowest BCUT2D eigenvalue weighted by atomic mass is 9.76. The van der Waals surface area contributed by atoms with Crippen molar-refractivity contribution in [2.24, 2.45) is 5.92 Å². The van der Waals surface area contributed by atoms with Crippen LogP contribution in [-0.2, 0) is 10.9 Å². The summed E-state index contributed by atoms with van der Waals surface area (Å²) < 4.78 is 74.3. The number of ether oxygens (including phenoxy) is 1. The second-order valence-corrected chi connectivity index (χ2v) is 7.15. The van der Waals surface area contributed by atoms with Crippen molar-refractivity contribution in [1.29, 1.82) is 0 Å². The van der Waals surface area contributed by atoms with Crippen LogP contribution < -0.4 is 5.32 Å². The highest BCUT2D eigenvalue weighted by Gasteiger charge is 2.46. The zero-order valence-electron chi connectivity index (χ0n) is 14.6. The van der Waals surface area contributed by atoms with Crippen LogP contribution in [0, 0.1) is 17.6 Å². The Morgan fingerprint density at radius 1 is 1.07 bits per heavy atom. The molecule has 2 aliphatic rings. The summed E-state index contributed by atoms with van der Waals surface area (Å²) in [5.41, 5.74) is -1.24. The fourth-order valence-electron chi connectivity index (χ4n) is 4.16. The number of alkyl halides is 3. The van der Waals surface area contributed by atoms with Gasteiger partial charge in [-0.15, -0.1) is 0 Å². The zero-order valence-corrected chi connectivity index (χ0v) is 14.6. The molecule has 2 heterocycles. The van der Waals surface area contributed by atoms with Gasteiger partial charge < -0.3 is 15.2 Å². The van der Waals surface area contributed by atoms with Gasteiger partial charge in [0, 0.05) is 11.5 Å². The van der Waals surface area contributed by atoms with Crippen LogP contribution >= 0.6 is 0 Å². The van der Waals surface area contributed by atoms with Crippen molar-refractivity contribution in [3.05, 3.63) is 64.7 Å². The summed E-state index contributed by atoms with van der Waals surface area (Å²) in [6.07, 6.45) is -5.40. The Morgan fingerprint density at radius 2 is 1.79 bits per heavy atom. The van der Waals surface area contributed by atoms with E-state index in [-0.39, 0.29) is 23.8 Å². The number of fused-ring (bicyclic) bond motifs is 3. The summed E-state index contributed by atoms with van der Waals surface area (Å²) in [6.45, 7) is -0.294. The maximum absolute atomic E-state index is 14.7. The second-order valence-electron chi connectivity index (χ2n) is 7.15. The summed E-state index contributed by atoms with van der Waals surface area (Å²) in [5.74, 6) is -3.79. The van der Waals surface area contributed by atoms with Crippen molar-refractivity contribution in [1.82, 2.24) is 0 Å². The largest absolute Gasteiger partial charge is 0.419 e. The van der Waals surface area contributed by atoms with Crippen molar-refractivity contribution < 1.29 is 31.8 Å². The van der Waals surface area contributed by atoms with Gasteiger partial charge in [-0.25, -0.2) is 8.78 Å². The number of benzene rings is 2. The van der Waals surface area contributed by atoms with Crippen molar-refractivity contribution in [2.45, 2.75) is 37.3 Å². The summed E-state index contributed by atoms with van der Waals surface area (Å²) in [5, 5.41) is 12.3. The molecule has 0 saturated carbocycles. The fourth-order valence-corrected chi connectivity index (χ4v) is 4.16. The molecule has 0 aliphatic carbocycles. The van der Waals surface area contributed by atoms with E-state index < -0.39 is 41.6 Å². The summed E-state index contributed by atoms with van der Waals surface area (Å²) in [6, 6.07) is 9.21. The first-order valence-electron chi connectivity index (χ1n) is 8.98. The van der Waals surface area contributed by atoms with E-state index >= 15 is 0 Å². The van der Waals surface area contributed by atoms with Crippen molar-refractivity contribution in [2.75, 3.05) is 11.9 Å². The Kier molecular flexibility index (Phi) is 4.79. The van der Waals surface area contributed by atoms with Gasteiger partial charge in [-0.1, -0.05) is 30.3 Å². The third-order valence-corrected chi connectivity index (χ3v) is 5.49. The molecule has 0 bridgehead atoms. The van der Waals surface area contributed by atoms with Crippen molar-refractivity contribution in [3.8, 4) is 0 Å². The van der Waals surface area contributed by atoms with Crippen LogP contribution in [0.2, 0.25) is 0 Å². The number of anilines is 1. The topological polar surface area (TPSA) is 41.5 Å². The van der Waals surface area contributed by atoms with Crippen LogP contribution in [0.5, 0.6) is 0 Å². The van der Waals surface area contributed by atoms with Crippen LogP contribution in [0.1, 0.15) is 41.7 Å². The van der Waals surface area contributed by atoms with E-state index in [0.29, 0.717) is 18.9 Å². The Balaban J connectivity index is 1.87. The number of nitrogens with one attached hydrogen (secondary N) is 1. The number of aliphatic hydroxyl groups is 1. The van der Waals surface area contributed by atoms with Gasteiger partial charge in [-0.3, -0.25) is 0 Å². The lowest BCUT2D eigenvalue weighted by Gasteiger charge is -2.45. The van der Waals surface area contributed by atoms with Gasteiger partial charge in [0.25, 0.3) is 0 Å². The molecule has 4 rings (SSSR count). The van der Waals surface area contributed by atoms with Gasteiger partial charge >= 0.3 is 6.18 Å². The number of halogens is 5. The maximum Gasteiger partial charge on any atom is 0.419 e. The van der Waals surface area contributed by atoms with Crippen molar-refractivity contribution >= 4 is 5.69 Å². The maximum atomic E-state index is 14.7. The van der Waals surface area contributed by atoms with Gasteiger partial charge in [0.05, 0.1) is 36.1 Å². The van der Waals surface area contributed by atoms with E-state index in [1.807, 2.05) is 18.2 Å². The van der Waals surface area contributed by atoms with Crippen LogP contribution in [0.25, 0.3) is 0 Å². The van der Waals surface area contributed by atoms with Gasteiger partial charge in [-0.05, 0) is 24.5 Å². The molecule has 0 aromatic heterocycles. The van der Waals surface area contributed by atoms with E-state index in [2.05, 4.69) is 5.32 Å². The highest BCUT2D eigenvalue weighted by Crippen LogP contribution is 2.52. The van der Waals surface area contributed by atoms with Gasteiger partial charge in [0.15, 0.2) is 11.6 Å². The molecule has 28 heavy (non-hydrogen) atoms. The average Bonchev–Trinajstić information content (AvgIpc) is 2.69. The molecular weight excluding hydrogens is 381 g/mol. The monoisotopic (exact) mass is 399 g/mol. The van der Waals surface area contributed by atoms with Crippen LogP contribution in [0.4, 0.5) is 27.6 Å². The Morgan fingerprint density at radius 3 is 2.43 bits per heavy atom. The van der Waals surface area contributed by atoms with Gasteiger partial charge in [0.1, 0.15) is 0 Å². The van der Waals surface area contributed by atoms with Gasteiger partial charge in [-0.2, -0.15) is 13.2 Å². The third kappa shape index (κ3) is 3.14. The highest BCUT2D eigenvalue weighted by atomic mass is 19.4. The predicted molar refractivity (Wildman–Crippen MR) is 91.6 cm³/mol. The third-order valence-electron chi connectivity index (χ3n) is 5.49. The molecule has 3 nitrogen and oxygen atoms in total. The number of hydrogen-bond acceptors (Lipinski definition) is 3. The Bertz CT molecular complexity index is 871. The minimum atomic E-state index is -5.03. The number of rotatable bonds is 2. The van der Waals surface area contributed by atoms with E-state index in [4.69, 9.17) is 4.74 Å². The van der Waals surface area contributed by atoms with Crippen LogP contribution in [-0.4, -0.2) is 17.8 Å². The first-order valence-corrected chi connectivity index (χ1v) is 8.98. The fraction of sp³-hybridized carbons (Fsp3) is 0.400. The average molecular weight is 399 g/mol. The van der Waals surface area contributed by atoms with E-state index in [9.17, 15) is 27.1 Å². The molecule has 0 radical (unpaired) electrons. The molecule has 2 N–H and O–H groups in total. The minimum Gasteiger partial charge on any atom is -0.394 e. The van der Waals surface area contributed by atoms with E-state index in [1.165, 1.54) is 0 Å². The zero-order chi connectivity index (χ0) is 20.1. The molecule has 8 heteroatoms. The summed E-state index contributed by atoms with van der Waals surface area (Å²) in [4.78, 5) is 0. The Hall–Kier alpha value is -2.19. The normalized spacial score (nSPS) is 26.9. The van der Waals surface area contributed by atoms with Gasteiger partial charge in [0.2, 0.25) is 0 Å². The predicted octanol–water partition coefficient (Wildman–Crippen LogP) is 4.98. The standard InChI is InChI=1S/C20H18F5NO2/c21-15-14(20(23,24)25)8-13-18(16(15)22)26-17(10-4-2-1-3-5-10)12-7-6-11(9-27)28-19(12)13/h1-5,8,11-12,17,19,26-27H,6-7,9H2/t11-,12+,17+,19+/m1/s1. The minimum absolute atomic E-state index is 0.0680. The summed E-state index contributed by atoms with van der Waals surface area (Å²) in [7, 11) is 0. The number of aliphatic hydroxyl groups excluding tert-OH is 1. The number of hydrogen-bond donors (Lipinski definition) is 2. The lowest BCUT2D eigenvalue weighted by molar-refractivity contribution is -0.141. The molecule has 2 aliphatic heterocycles. The molecular formula is C20H18F5NO2. The second kappa shape index (κ2) is 7.00. The van der Waals surface area contributed by atoms with E-state index in [0.717, 1.165) is 5.56 Å². The molecule has 0 unspecified atom stereocenters. The summed E-state index contributed by atoms with van der Waals surface area (Å²) >= 11 is 0. The molecule has 4 atom stereocenters. The molecule has 1 saturated heterocycles.